The average molecular weight is 469 g/mol. The van der Waals surface area contributed by atoms with Gasteiger partial charge in [0, 0.05) is 53.8 Å². The van der Waals surface area contributed by atoms with Gasteiger partial charge >= 0.3 is 0 Å². The Morgan fingerprint density at radius 1 is 1.12 bits per heavy atom. The smallest absolute Gasteiger partial charge is 0.255 e. The Kier molecular flexibility index (Phi) is 6.44. The molecule has 1 aromatic heterocycles. The number of thiophene rings is 1. The van der Waals surface area contributed by atoms with E-state index in [-0.39, 0.29) is 11.8 Å². The molecule has 1 aliphatic heterocycles. The van der Waals surface area contributed by atoms with Crippen LogP contribution in [0.5, 0.6) is 0 Å². The van der Waals surface area contributed by atoms with E-state index >= 15 is 0 Å². The maximum absolute atomic E-state index is 12.6. The first-order valence-corrected chi connectivity index (χ1v) is 10.2. The van der Waals surface area contributed by atoms with E-state index in [9.17, 15) is 9.59 Å². The van der Waals surface area contributed by atoms with E-state index in [2.05, 4.69) is 32.8 Å². The van der Waals surface area contributed by atoms with E-state index in [1.54, 1.807) is 0 Å². The highest BCUT2D eigenvalue weighted by Crippen LogP contribution is 2.15. The van der Waals surface area contributed by atoms with Crippen LogP contribution >= 0.6 is 33.9 Å². The molecule has 132 valence electrons. The summed E-state index contributed by atoms with van der Waals surface area (Å²) in [5.41, 5.74) is 1.50. The molecule has 2 amide bonds. The summed E-state index contributed by atoms with van der Waals surface area (Å²) in [6.07, 6.45) is 0. The van der Waals surface area contributed by atoms with Crippen LogP contribution in [0.1, 0.15) is 20.7 Å². The van der Waals surface area contributed by atoms with E-state index in [4.69, 9.17) is 0 Å². The lowest BCUT2D eigenvalue weighted by Crippen LogP contribution is -2.50. The highest BCUT2D eigenvalue weighted by molar-refractivity contribution is 14.1. The lowest BCUT2D eigenvalue weighted by molar-refractivity contribution is 0.0637. The molecule has 25 heavy (non-hydrogen) atoms. The lowest BCUT2D eigenvalue weighted by Gasteiger charge is -2.34. The van der Waals surface area contributed by atoms with Gasteiger partial charge in [0.05, 0.1) is 5.56 Å². The van der Waals surface area contributed by atoms with Crippen LogP contribution in [0.2, 0.25) is 0 Å². The van der Waals surface area contributed by atoms with Crippen LogP contribution in [0.4, 0.5) is 0 Å². The number of halogens is 1. The summed E-state index contributed by atoms with van der Waals surface area (Å²) < 4.78 is 0.990. The molecule has 0 unspecified atom stereocenters. The first-order valence-electron chi connectivity index (χ1n) is 8.21. The average Bonchev–Trinajstić information content (AvgIpc) is 3.17. The van der Waals surface area contributed by atoms with Crippen molar-refractivity contribution in [1.82, 2.24) is 15.1 Å². The Balaban J connectivity index is 1.42. The molecular formula is C18H20IN3O2S. The van der Waals surface area contributed by atoms with Gasteiger partial charge in [0.25, 0.3) is 11.8 Å². The van der Waals surface area contributed by atoms with Crippen molar-refractivity contribution < 1.29 is 9.59 Å². The minimum absolute atomic E-state index is 0.0197. The number of rotatable bonds is 5. The van der Waals surface area contributed by atoms with Crippen LogP contribution in [0.25, 0.3) is 0 Å². The standard InChI is InChI=1S/C18H20IN3O2S/c19-16-4-2-1-3-15(16)18(24)22-10-8-21(9-11-22)7-6-20-17(23)14-5-12-25-13-14/h1-5,12-13H,6-11H2,(H,20,23). The summed E-state index contributed by atoms with van der Waals surface area (Å²) in [7, 11) is 0. The number of piperazine rings is 1. The van der Waals surface area contributed by atoms with Gasteiger partial charge in [0.2, 0.25) is 0 Å². The predicted molar refractivity (Wildman–Crippen MR) is 108 cm³/mol. The molecule has 2 heterocycles. The Morgan fingerprint density at radius 2 is 1.88 bits per heavy atom. The summed E-state index contributed by atoms with van der Waals surface area (Å²) >= 11 is 3.73. The SMILES string of the molecule is O=C(NCCN1CCN(C(=O)c2ccccc2I)CC1)c1ccsc1. The fourth-order valence-electron chi connectivity index (χ4n) is 2.80. The molecule has 1 aliphatic rings. The quantitative estimate of drug-likeness (QED) is 0.686. The molecule has 2 aromatic rings. The Bertz CT molecular complexity index is 728. The van der Waals surface area contributed by atoms with E-state index in [0.29, 0.717) is 6.54 Å². The van der Waals surface area contributed by atoms with Gasteiger partial charge in [0.1, 0.15) is 0 Å². The molecule has 7 heteroatoms. The van der Waals surface area contributed by atoms with E-state index < -0.39 is 0 Å². The van der Waals surface area contributed by atoms with Gasteiger partial charge in [-0.3, -0.25) is 14.5 Å². The van der Waals surface area contributed by atoms with Crippen LogP contribution in [0, 0.1) is 3.57 Å². The fraction of sp³-hybridized carbons (Fsp3) is 0.333. The summed E-state index contributed by atoms with van der Waals surface area (Å²) in [4.78, 5) is 28.7. The summed E-state index contributed by atoms with van der Waals surface area (Å²) in [6.45, 7) is 4.55. The van der Waals surface area contributed by atoms with Crippen LogP contribution in [-0.2, 0) is 0 Å². The van der Waals surface area contributed by atoms with E-state index in [1.807, 2.05) is 46.0 Å². The highest BCUT2D eigenvalue weighted by Gasteiger charge is 2.23. The number of nitrogens with zero attached hydrogens (tertiary/aromatic N) is 2. The third-order valence-electron chi connectivity index (χ3n) is 4.26. The third kappa shape index (κ3) is 4.80. The van der Waals surface area contributed by atoms with Gasteiger partial charge in [-0.05, 0) is 46.2 Å². The first kappa shape index (κ1) is 18.3. The Morgan fingerprint density at radius 3 is 2.56 bits per heavy atom. The molecule has 1 fully saturated rings. The molecule has 0 spiro atoms. The summed E-state index contributed by atoms with van der Waals surface area (Å²) in [6, 6.07) is 9.52. The number of carbonyl (C=O) groups excluding carboxylic acids is 2. The van der Waals surface area contributed by atoms with Crippen LogP contribution < -0.4 is 5.32 Å². The monoisotopic (exact) mass is 469 g/mol. The van der Waals surface area contributed by atoms with Crippen LogP contribution in [0.3, 0.4) is 0 Å². The van der Waals surface area contributed by atoms with Crippen molar-refractivity contribution in [2.75, 3.05) is 39.3 Å². The second-order valence-electron chi connectivity index (χ2n) is 5.88. The molecular weight excluding hydrogens is 449 g/mol. The van der Waals surface area contributed by atoms with Gasteiger partial charge < -0.3 is 10.2 Å². The van der Waals surface area contributed by atoms with Gasteiger partial charge in [-0.2, -0.15) is 11.3 Å². The summed E-state index contributed by atoms with van der Waals surface area (Å²) in [5.74, 6) is 0.0872. The number of benzene rings is 1. The van der Waals surface area contributed by atoms with Crippen molar-refractivity contribution in [3.05, 3.63) is 55.8 Å². The van der Waals surface area contributed by atoms with Crippen molar-refractivity contribution in [3.8, 4) is 0 Å². The second kappa shape index (κ2) is 8.77. The van der Waals surface area contributed by atoms with Crippen molar-refractivity contribution in [2.24, 2.45) is 0 Å². The minimum Gasteiger partial charge on any atom is -0.351 e. The van der Waals surface area contributed by atoms with Gasteiger partial charge in [-0.15, -0.1) is 0 Å². The molecule has 1 aromatic carbocycles. The number of amides is 2. The van der Waals surface area contributed by atoms with Crippen LogP contribution in [0.15, 0.2) is 41.1 Å². The second-order valence-corrected chi connectivity index (χ2v) is 7.82. The van der Waals surface area contributed by atoms with E-state index in [1.165, 1.54) is 11.3 Å². The van der Waals surface area contributed by atoms with Gasteiger partial charge in [-0.1, -0.05) is 12.1 Å². The number of hydrogen-bond donors (Lipinski definition) is 1. The maximum Gasteiger partial charge on any atom is 0.255 e. The van der Waals surface area contributed by atoms with Crippen molar-refractivity contribution in [3.63, 3.8) is 0 Å². The van der Waals surface area contributed by atoms with Gasteiger partial charge in [0.15, 0.2) is 0 Å². The zero-order chi connectivity index (χ0) is 17.6. The number of carbonyl (C=O) groups is 2. The van der Waals surface area contributed by atoms with Crippen molar-refractivity contribution >= 4 is 45.7 Å². The first-order chi connectivity index (χ1) is 12.1. The van der Waals surface area contributed by atoms with Gasteiger partial charge in [-0.25, -0.2) is 0 Å². The molecule has 0 atom stereocenters. The van der Waals surface area contributed by atoms with E-state index in [0.717, 1.165) is 47.4 Å². The number of hydrogen-bond acceptors (Lipinski definition) is 4. The highest BCUT2D eigenvalue weighted by atomic mass is 127. The largest absolute Gasteiger partial charge is 0.351 e. The lowest BCUT2D eigenvalue weighted by atomic mass is 10.2. The molecule has 0 aliphatic carbocycles. The third-order valence-corrected chi connectivity index (χ3v) is 5.88. The van der Waals surface area contributed by atoms with Crippen molar-refractivity contribution in [2.45, 2.75) is 0 Å². The van der Waals surface area contributed by atoms with Crippen LogP contribution in [-0.4, -0.2) is 60.9 Å². The minimum atomic E-state index is -0.0197. The topological polar surface area (TPSA) is 52.7 Å². The molecule has 1 saturated heterocycles. The Labute approximate surface area is 165 Å². The zero-order valence-electron chi connectivity index (χ0n) is 13.8. The zero-order valence-corrected chi connectivity index (χ0v) is 16.8. The molecule has 1 N–H and O–H groups in total. The predicted octanol–water partition coefficient (Wildman–Crippen LogP) is 2.54. The molecule has 0 radical (unpaired) electrons. The molecule has 5 nitrogen and oxygen atoms in total. The summed E-state index contributed by atoms with van der Waals surface area (Å²) in [5, 5.41) is 6.70. The Hall–Kier alpha value is -1.45. The van der Waals surface area contributed by atoms with Crippen molar-refractivity contribution in [1.29, 1.82) is 0 Å². The normalized spacial score (nSPS) is 15.2. The maximum atomic E-state index is 12.6. The molecule has 0 saturated carbocycles. The number of nitrogens with one attached hydrogen (secondary N) is 1. The molecule has 3 rings (SSSR count). The molecule has 0 bridgehead atoms. The fourth-order valence-corrected chi connectivity index (χ4v) is 4.06.